The molecule has 2 nitrogen and oxygen atoms in total. The molecule has 1 heterocycles. The summed E-state index contributed by atoms with van der Waals surface area (Å²) in [4.78, 5) is 0. The van der Waals surface area contributed by atoms with Crippen LogP contribution in [0.1, 0.15) is 30.1 Å². The van der Waals surface area contributed by atoms with Crippen molar-refractivity contribution >= 4 is 17.4 Å². The number of nitrogen functional groups attached to an aromatic ring is 1. The van der Waals surface area contributed by atoms with E-state index >= 15 is 0 Å². The second-order valence-corrected chi connectivity index (χ2v) is 5.75. The monoisotopic (exact) mass is 237 g/mol. The molecule has 1 fully saturated rings. The van der Waals surface area contributed by atoms with Crippen molar-refractivity contribution in [2.24, 2.45) is 5.92 Å². The molecule has 3 heteroatoms. The number of thioether (sulfide) groups is 1. The number of anilines is 1. The minimum atomic E-state index is -0.388. The van der Waals surface area contributed by atoms with Crippen molar-refractivity contribution in [2.75, 3.05) is 17.2 Å². The molecule has 1 aliphatic rings. The molecule has 1 unspecified atom stereocenters. The molecule has 0 aromatic heterocycles. The van der Waals surface area contributed by atoms with Crippen molar-refractivity contribution in [3.8, 4) is 0 Å². The van der Waals surface area contributed by atoms with Crippen LogP contribution in [0.3, 0.4) is 0 Å². The highest BCUT2D eigenvalue weighted by Crippen LogP contribution is 2.35. The molecule has 88 valence electrons. The van der Waals surface area contributed by atoms with E-state index in [-0.39, 0.29) is 6.10 Å². The first-order valence-electron chi connectivity index (χ1n) is 5.80. The molecule has 0 aliphatic carbocycles. The van der Waals surface area contributed by atoms with Crippen LogP contribution < -0.4 is 5.73 Å². The Hall–Kier alpha value is -0.670. The van der Waals surface area contributed by atoms with Crippen molar-refractivity contribution in [2.45, 2.75) is 25.9 Å². The van der Waals surface area contributed by atoms with Gasteiger partial charge in [0, 0.05) is 11.3 Å². The lowest BCUT2D eigenvalue weighted by Crippen LogP contribution is -2.19. The largest absolute Gasteiger partial charge is 0.398 e. The predicted octanol–water partition coefficient (Wildman–Crippen LogP) is 2.75. The maximum Gasteiger partial charge on any atom is 0.0838 e. The van der Waals surface area contributed by atoms with Crippen LogP contribution in [0.25, 0.3) is 0 Å². The van der Waals surface area contributed by atoms with E-state index < -0.39 is 0 Å². The lowest BCUT2D eigenvalue weighted by atomic mass is 9.89. The first-order valence-corrected chi connectivity index (χ1v) is 6.96. The average Bonchev–Trinajstić information content (AvgIpc) is 2.32. The molecular formula is C13H19NOS. The highest BCUT2D eigenvalue weighted by molar-refractivity contribution is 7.99. The Morgan fingerprint density at radius 1 is 1.38 bits per heavy atom. The fraction of sp³-hybridized carbons (Fsp3) is 0.538. The zero-order valence-electron chi connectivity index (χ0n) is 9.65. The summed E-state index contributed by atoms with van der Waals surface area (Å²) >= 11 is 1.98. The van der Waals surface area contributed by atoms with Gasteiger partial charge in [0.25, 0.3) is 0 Å². The minimum Gasteiger partial charge on any atom is -0.398 e. The van der Waals surface area contributed by atoms with Gasteiger partial charge >= 0.3 is 0 Å². The van der Waals surface area contributed by atoms with Crippen molar-refractivity contribution in [3.05, 3.63) is 29.3 Å². The highest BCUT2D eigenvalue weighted by atomic mass is 32.2. The van der Waals surface area contributed by atoms with E-state index in [0.717, 1.165) is 41.2 Å². The fourth-order valence-electron chi connectivity index (χ4n) is 2.24. The molecule has 2 rings (SSSR count). The van der Waals surface area contributed by atoms with Crippen LogP contribution in [-0.2, 0) is 0 Å². The minimum absolute atomic E-state index is 0.380. The number of aryl methyl sites for hydroxylation is 1. The summed E-state index contributed by atoms with van der Waals surface area (Å²) in [6.07, 6.45) is 1.80. The fourth-order valence-corrected chi connectivity index (χ4v) is 3.38. The van der Waals surface area contributed by atoms with E-state index in [0.29, 0.717) is 5.92 Å². The van der Waals surface area contributed by atoms with Gasteiger partial charge in [0.05, 0.1) is 6.10 Å². The first kappa shape index (κ1) is 11.8. The molecule has 1 aromatic rings. The Labute approximate surface area is 101 Å². The van der Waals surface area contributed by atoms with Gasteiger partial charge in [-0.15, -0.1) is 0 Å². The normalized spacial score (nSPS) is 19.6. The number of hydrogen-bond acceptors (Lipinski definition) is 3. The van der Waals surface area contributed by atoms with E-state index in [4.69, 9.17) is 5.73 Å². The van der Waals surface area contributed by atoms with Crippen LogP contribution in [-0.4, -0.2) is 16.6 Å². The number of hydrogen-bond donors (Lipinski definition) is 2. The van der Waals surface area contributed by atoms with Gasteiger partial charge in [0.1, 0.15) is 0 Å². The third kappa shape index (κ3) is 2.53. The van der Waals surface area contributed by atoms with E-state index in [1.165, 1.54) is 0 Å². The second kappa shape index (κ2) is 5.11. The van der Waals surface area contributed by atoms with E-state index in [1.54, 1.807) is 0 Å². The molecule has 0 saturated carbocycles. The van der Waals surface area contributed by atoms with Gasteiger partial charge in [-0.2, -0.15) is 11.8 Å². The van der Waals surface area contributed by atoms with Gasteiger partial charge in [0.2, 0.25) is 0 Å². The number of aliphatic hydroxyl groups excluding tert-OH is 1. The summed E-state index contributed by atoms with van der Waals surface area (Å²) in [6, 6.07) is 5.90. The van der Waals surface area contributed by atoms with Gasteiger partial charge in [0.15, 0.2) is 0 Å². The second-order valence-electron chi connectivity index (χ2n) is 4.53. The summed E-state index contributed by atoms with van der Waals surface area (Å²) in [6.45, 7) is 2.03. The van der Waals surface area contributed by atoms with Gasteiger partial charge in [-0.25, -0.2) is 0 Å². The first-order chi connectivity index (χ1) is 7.68. The Balaban J connectivity index is 2.18. The van der Waals surface area contributed by atoms with Crippen LogP contribution in [0.5, 0.6) is 0 Å². The van der Waals surface area contributed by atoms with E-state index in [1.807, 2.05) is 36.9 Å². The Bertz CT molecular complexity index is 361. The van der Waals surface area contributed by atoms with Crippen LogP contribution >= 0.6 is 11.8 Å². The number of nitrogens with two attached hydrogens (primary N) is 1. The summed E-state index contributed by atoms with van der Waals surface area (Å²) in [5.74, 6) is 2.70. The zero-order chi connectivity index (χ0) is 11.5. The number of benzene rings is 1. The summed E-state index contributed by atoms with van der Waals surface area (Å²) < 4.78 is 0. The molecule has 0 amide bonds. The van der Waals surface area contributed by atoms with Gasteiger partial charge < -0.3 is 10.8 Å². The average molecular weight is 237 g/mol. The maximum absolute atomic E-state index is 10.4. The molecule has 0 bridgehead atoms. The lowest BCUT2D eigenvalue weighted by Gasteiger charge is -2.27. The predicted molar refractivity (Wildman–Crippen MR) is 70.6 cm³/mol. The SMILES string of the molecule is Cc1ccc(N)c(C(O)C2CCSCC2)c1. The van der Waals surface area contributed by atoms with Crippen molar-refractivity contribution in [1.82, 2.24) is 0 Å². The molecule has 1 atom stereocenters. The summed E-state index contributed by atoms with van der Waals surface area (Å²) in [7, 11) is 0. The van der Waals surface area contributed by atoms with Crippen molar-refractivity contribution < 1.29 is 5.11 Å². The number of rotatable bonds is 2. The van der Waals surface area contributed by atoms with Crippen LogP contribution in [0.15, 0.2) is 18.2 Å². The van der Waals surface area contributed by atoms with Gasteiger partial charge in [-0.1, -0.05) is 17.7 Å². The molecule has 1 aliphatic heterocycles. The molecule has 0 radical (unpaired) electrons. The standard InChI is InChI=1S/C13H19NOS/c1-9-2-3-12(14)11(8-9)13(15)10-4-6-16-7-5-10/h2-3,8,10,13,15H,4-7,14H2,1H3. The molecule has 1 saturated heterocycles. The van der Waals surface area contributed by atoms with Crippen LogP contribution in [0, 0.1) is 12.8 Å². The van der Waals surface area contributed by atoms with Crippen LogP contribution in [0.4, 0.5) is 5.69 Å². The third-order valence-electron chi connectivity index (χ3n) is 3.27. The summed E-state index contributed by atoms with van der Waals surface area (Å²) in [5, 5.41) is 10.4. The Kier molecular flexibility index (Phi) is 3.77. The van der Waals surface area contributed by atoms with Crippen molar-refractivity contribution in [1.29, 1.82) is 0 Å². The molecule has 0 spiro atoms. The van der Waals surface area contributed by atoms with E-state index in [2.05, 4.69) is 0 Å². The Morgan fingerprint density at radius 3 is 2.75 bits per heavy atom. The quantitative estimate of drug-likeness (QED) is 0.777. The molecular weight excluding hydrogens is 218 g/mol. The lowest BCUT2D eigenvalue weighted by molar-refractivity contribution is 0.104. The summed E-state index contributed by atoms with van der Waals surface area (Å²) in [5.41, 5.74) is 8.73. The number of aliphatic hydroxyl groups is 1. The highest BCUT2D eigenvalue weighted by Gasteiger charge is 2.24. The maximum atomic E-state index is 10.4. The topological polar surface area (TPSA) is 46.2 Å². The van der Waals surface area contributed by atoms with E-state index in [9.17, 15) is 5.11 Å². The molecule has 16 heavy (non-hydrogen) atoms. The molecule has 1 aromatic carbocycles. The molecule has 3 N–H and O–H groups in total. The van der Waals surface area contributed by atoms with Crippen molar-refractivity contribution in [3.63, 3.8) is 0 Å². The van der Waals surface area contributed by atoms with Gasteiger partial charge in [-0.3, -0.25) is 0 Å². The zero-order valence-corrected chi connectivity index (χ0v) is 10.5. The smallest absolute Gasteiger partial charge is 0.0838 e. The van der Waals surface area contributed by atoms with Crippen LogP contribution in [0.2, 0.25) is 0 Å². The third-order valence-corrected chi connectivity index (χ3v) is 4.32. The Morgan fingerprint density at radius 2 is 2.06 bits per heavy atom. The van der Waals surface area contributed by atoms with Gasteiger partial charge in [-0.05, 0) is 43.3 Å².